The van der Waals surface area contributed by atoms with Gasteiger partial charge in [0.05, 0.1) is 25.5 Å². The van der Waals surface area contributed by atoms with Gasteiger partial charge in [-0.05, 0) is 61.1 Å². The Kier molecular flexibility index (Phi) is 6.14. The Balaban J connectivity index is 1.60. The Morgan fingerprint density at radius 1 is 1.10 bits per heavy atom. The van der Waals surface area contributed by atoms with Gasteiger partial charge in [-0.3, -0.25) is 9.69 Å². The molecule has 1 N–H and O–H groups in total. The van der Waals surface area contributed by atoms with Gasteiger partial charge < -0.3 is 14.5 Å². The Morgan fingerprint density at radius 3 is 2.61 bits per heavy atom. The van der Waals surface area contributed by atoms with Crippen molar-refractivity contribution in [3.05, 3.63) is 75.0 Å². The maximum absolute atomic E-state index is 12.9. The molecule has 1 fully saturated rings. The molecular formula is C24H25ClN2O3S. The predicted molar refractivity (Wildman–Crippen MR) is 123 cm³/mol. The number of furan rings is 1. The van der Waals surface area contributed by atoms with E-state index in [0.717, 1.165) is 36.0 Å². The van der Waals surface area contributed by atoms with Crippen molar-refractivity contribution in [2.75, 3.05) is 31.6 Å². The van der Waals surface area contributed by atoms with Crippen molar-refractivity contribution in [3.63, 3.8) is 0 Å². The van der Waals surface area contributed by atoms with Crippen molar-refractivity contribution in [2.45, 2.75) is 31.7 Å². The molecule has 0 unspecified atom stereocenters. The van der Waals surface area contributed by atoms with Crippen LogP contribution in [0.5, 0.6) is 0 Å². The summed E-state index contributed by atoms with van der Waals surface area (Å²) in [4.78, 5) is 16.7. The van der Waals surface area contributed by atoms with E-state index in [1.165, 1.54) is 40.7 Å². The number of nitrogens with zero attached hydrogens (tertiary/aromatic N) is 1. The van der Waals surface area contributed by atoms with Gasteiger partial charge in [0.1, 0.15) is 5.00 Å². The van der Waals surface area contributed by atoms with Crippen LogP contribution in [0.4, 0.5) is 5.00 Å². The second-order valence-corrected chi connectivity index (χ2v) is 9.53. The van der Waals surface area contributed by atoms with E-state index in [1.54, 1.807) is 23.5 Å². The average molecular weight is 457 g/mol. The molecule has 1 atom stereocenters. The summed E-state index contributed by atoms with van der Waals surface area (Å²) in [5.41, 5.74) is 3.81. The highest BCUT2D eigenvalue weighted by atomic mass is 35.5. The van der Waals surface area contributed by atoms with Gasteiger partial charge in [0, 0.05) is 28.6 Å². The molecule has 3 heterocycles. The molecule has 1 aliphatic heterocycles. The summed E-state index contributed by atoms with van der Waals surface area (Å²) in [7, 11) is 0. The van der Waals surface area contributed by atoms with Crippen LogP contribution in [0.3, 0.4) is 0 Å². The van der Waals surface area contributed by atoms with E-state index in [0.29, 0.717) is 19.0 Å². The highest BCUT2D eigenvalue weighted by Crippen LogP contribution is 2.45. The number of anilines is 1. The zero-order chi connectivity index (χ0) is 21.2. The van der Waals surface area contributed by atoms with E-state index in [-0.39, 0.29) is 11.9 Å². The number of fused-ring (bicyclic) bond motifs is 1. The number of halogens is 1. The average Bonchev–Trinajstić information content (AvgIpc) is 3.45. The molecule has 1 aromatic carbocycles. The molecule has 1 amide bonds. The van der Waals surface area contributed by atoms with E-state index in [2.05, 4.69) is 22.3 Å². The van der Waals surface area contributed by atoms with Crippen LogP contribution in [0.15, 0.2) is 47.1 Å². The summed E-state index contributed by atoms with van der Waals surface area (Å²) >= 11 is 7.92. The normalized spacial score (nSPS) is 17.8. The van der Waals surface area contributed by atoms with Crippen molar-refractivity contribution < 1.29 is 13.9 Å². The highest BCUT2D eigenvalue weighted by Gasteiger charge is 2.33. The van der Waals surface area contributed by atoms with E-state index < -0.39 is 0 Å². The molecule has 0 saturated carbocycles. The third kappa shape index (κ3) is 4.30. The number of carbonyl (C=O) groups is 1. The number of hydrogen-bond acceptors (Lipinski definition) is 5. The monoisotopic (exact) mass is 456 g/mol. The van der Waals surface area contributed by atoms with Crippen molar-refractivity contribution in [3.8, 4) is 0 Å². The Bertz CT molecular complexity index is 1040. The number of carbonyl (C=O) groups excluding carboxylic acids is 1. The van der Waals surface area contributed by atoms with Gasteiger partial charge >= 0.3 is 0 Å². The Labute approximate surface area is 191 Å². The lowest BCUT2D eigenvalue weighted by Crippen LogP contribution is -2.40. The maximum Gasteiger partial charge on any atom is 0.291 e. The minimum absolute atomic E-state index is 0.0474. The number of benzene rings is 1. The van der Waals surface area contributed by atoms with Crippen LogP contribution in [0, 0.1) is 0 Å². The van der Waals surface area contributed by atoms with Gasteiger partial charge in [-0.15, -0.1) is 11.3 Å². The summed E-state index contributed by atoms with van der Waals surface area (Å²) in [5, 5.41) is 4.83. The van der Waals surface area contributed by atoms with E-state index >= 15 is 0 Å². The van der Waals surface area contributed by atoms with Crippen LogP contribution < -0.4 is 5.32 Å². The van der Waals surface area contributed by atoms with Crippen molar-refractivity contribution >= 4 is 33.8 Å². The molecule has 1 saturated heterocycles. The van der Waals surface area contributed by atoms with E-state index in [4.69, 9.17) is 20.8 Å². The fraction of sp³-hybridized carbons (Fsp3) is 0.375. The van der Waals surface area contributed by atoms with Crippen LogP contribution in [0.2, 0.25) is 5.02 Å². The smallest absolute Gasteiger partial charge is 0.291 e. The number of hydrogen-bond donors (Lipinski definition) is 1. The Hall–Kier alpha value is -2.12. The number of aryl methyl sites for hydroxylation is 1. The highest BCUT2D eigenvalue weighted by molar-refractivity contribution is 7.16. The minimum atomic E-state index is -0.207. The minimum Gasteiger partial charge on any atom is -0.459 e. The molecule has 0 bridgehead atoms. The fourth-order valence-corrected chi connectivity index (χ4v) is 6.03. The molecule has 1 aliphatic carbocycles. The number of nitrogens with one attached hydrogen (secondary N) is 1. The lowest BCUT2D eigenvalue weighted by atomic mass is 9.88. The predicted octanol–water partition coefficient (Wildman–Crippen LogP) is 5.55. The lowest BCUT2D eigenvalue weighted by Gasteiger charge is -2.36. The quantitative estimate of drug-likeness (QED) is 0.547. The number of morpholine rings is 1. The van der Waals surface area contributed by atoms with Crippen LogP contribution in [0.25, 0.3) is 0 Å². The first kappa shape index (κ1) is 20.8. The van der Waals surface area contributed by atoms with E-state index in [1.807, 2.05) is 12.1 Å². The van der Waals surface area contributed by atoms with Gasteiger partial charge in [0.2, 0.25) is 0 Å². The van der Waals surface area contributed by atoms with Crippen LogP contribution in [-0.4, -0.2) is 37.1 Å². The van der Waals surface area contributed by atoms with Crippen LogP contribution in [0.1, 0.15) is 51.0 Å². The largest absolute Gasteiger partial charge is 0.459 e. The molecule has 0 radical (unpaired) electrons. The van der Waals surface area contributed by atoms with Crippen LogP contribution in [-0.2, 0) is 17.6 Å². The third-order valence-electron chi connectivity index (χ3n) is 6.05. The maximum atomic E-state index is 12.9. The second kappa shape index (κ2) is 9.17. The molecule has 162 valence electrons. The SMILES string of the molecule is O=C(Nc1sc2c(c1[C@@H](c1ccc(Cl)cc1)N1CCOCC1)CCCC2)c1ccco1. The number of rotatable bonds is 5. The molecule has 2 aliphatic rings. The number of thiophene rings is 1. The van der Waals surface area contributed by atoms with E-state index in [9.17, 15) is 4.79 Å². The summed E-state index contributed by atoms with van der Waals surface area (Å²) in [6, 6.07) is 11.6. The topological polar surface area (TPSA) is 54.7 Å². The number of amides is 1. The van der Waals surface area contributed by atoms with Gasteiger partial charge in [-0.25, -0.2) is 0 Å². The van der Waals surface area contributed by atoms with Gasteiger partial charge in [-0.2, -0.15) is 0 Å². The molecule has 3 aromatic rings. The van der Waals surface area contributed by atoms with Gasteiger partial charge in [-0.1, -0.05) is 23.7 Å². The van der Waals surface area contributed by atoms with Crippen molar-refractivity contribution in [1.29, 1.82) is 0 Å². The summed E-state index contributed by atoms with van der Waals surface area (Å²) in [6.45, 7) is 3.13. The third-order valence-corrected chi connectivity index (χ3v) is 7.53. The zero-order valence-electron chi connectivity index (χ0n) is 17.2. The second-order valence-electron chi connectivity index (χ2n) is 7.99. The standard InChI is InChI=1S/C24H25ClN2O3S/c25-17-9-7-16(8-10-17)22(27-11-14-29-15-12-27)21-18-4-1-2-6-20(18)31-24(21)26-23(28)19-5-3-13-30-19/h3,5,7-10,13,22H,1-2,4,6,11-12,14-15H2,(H,26,28)/t22-/m1/s1. The van der Waals surface area contributed by atoms with Crippen molar-refractivity contribution in [2.24, 2.45) is 0 Å². The summed E-state index contributed by atoms with van der Waals surface area (Å²) in [5.74, 6) is 0.119. The van der Waals surface area contributed by atoms with Gasteiger partial charge in [0.25, 0.3) is 5.91 Å². The van der Waals surface area contributed by atoms with Crippen LogP contribution >= 0.6 is 22.9 Å². The molecular weight excluding hydrogens is 432 g/mol. The zero-order valence-corrected chi connectivity index (χ0v) is 18.8. The first-order valence-corrected chi connectivity index (χ1v) is 12.0. The molecule has 5 nitrogen and oxygen atoms in total. The van der Waals surface area contributed by atoms with Crippen molar-refractivity contribution in [1.82, 2.24) is 4.90 Å². The molecule has 7 heteroatoms. The lowest BCUT2D eigenvalue weighted by molar-refractivity contribution is 0.0239. The molecule has 2 aromatic heterocycles. The fourth-order valence-electron chi connectivity index (χ4n) is 4.59. The molecule has 5 rings (SSSR count). The van der Waals surface area contributed by atoms with Gasteiger partial charge in [0.15, 0.2) is 5.76 Å². The Morgan fingerprint density at radius 2 is 1.87 bits per heavy atom. The summed E-state index contributed by atoms with van der Waals surface area (Å²) in [6.07, 6.45) is 6.02. The molecule has 0 spiro atoms. The number of ether oxygens (including phenoxy) is 1. The first-order valence-electron chi connectivity index (χ1n) is 10.8. The first-order chi connectivity index (χ1) is 15.2. The molecule has 31 heavy (non-hydrogen) atoms. The summed E-state index contributed by atoms with van der Waals surface area (Å²) < 4.78 is 11.0.